The lowest BCUT2D eigenvalue weighted by Gasteiger charge is -2.35. The van der Waals surface area contributed by atoms with Gasteiger partial charge in [0.2, 0.25) is 0 Å². The summed E-state index contributed by atoms with van der Waals surface area (Å²) < 4.78 is 0. The van der Waals surface area contributed by atoms with Gasteiger partial charge in [-0.05, 0) is 32.3 Å². The fraction of sp³-hybridized carbons (Fsp3) is 0.625. The third-order valence-electron chi connectivity index (χ3n) is 3.93. The molecule has 0 aliphatic rings. The molecule has 0 saturated carbocycles. The summed E-state index contributed by atoms with van der Waals surface area (Å²) in [5, 5.41) is 12.5. The summed E-state index contributed by atoms with van der Waals surface area (Å²) in [6.07, 6.45) is 1.89. The number of aliphatic hydroxyl groups is 1. The normalized spacial score (nSPS) is 15.4. The Bertz CT molecular complexity index is 334. The molecule has 0 saturated heterocycles. The summed E-state index contributed by atoms with van der Waals surface area (Å²) in [6.45, 7) is 9.26. The summed E-state index contributed by atoms with van der Waals surface area (Å²) in [5.74, 6) is 0. The third kappa shape index (κ3) is 4.11. The van der Waals surface area contributed by atoms with Gasteiger partial charge in [0, 0.05) is 24.1 Å². The number of nitrogens with one attached hydrogen (secondary N) is 1. The fourth-order valence-corrected chi connectivity index (χ4v) is 2.23. The van der Waals surface area contributed by atoms with E-state index in [1.165, 1.54) is 5.56 Å². The molecule has 0 amide bonds. The van der Waals surface area contributed by atoms with Crippen molar-refractivity contribution in [2.45, 2.75) is 58.0 Å². The van der Waals surface area contributed by atoms with Crippen LogP contribution in [0.4, 0.5) is 0 Å². The van der Waals surface area contributed by atoms with Crippen LogP contribution in [0.1, 0.15) is 46.1 Å². The predicted octanol–water partition coefficient (Wildman–Crippen LogP) is 3.10. The van der Waals surface area contributed by atoms with Gasteiger partial charge in [-0.1, -0.05) is 44.2 Å². The highest BCUT2D eigenvalue weighted by Gasteiger charge is 2.28. The van der Waals surface area contributed by atoms with E-state index in [9.17, 15) is 0 Å². The van der Waals surface area contributed by atoms with Gasteiger partial charge in [0.1, 0.15) is 0 Å². The first-order chi connectivity index (χ1) is 8.48. The lowest BCUT2D eigenvalue weighted by molar-refractivity contribution is 0.265. The second-order valence-electron chi connectivity index (χ2n) is 5.74. The molecule has 102 valence electrons. The second kappa shape index (κ2) is 6.91. The highest BCUT2D eigenvalue weighted by molar-refractivity contribution is 5.25. The average molecular weight is 249 g/mol. The van der Waals surface area contributed by atoms with Gasteiger partial charge < -0.3 is 10.4 Å². The van der Waals surface area contributed by atoms with Crippen molar-refractivity contribution in [2.75, 3.05) is 6.61 Å². The summed E-state index contributed by atoms with van der Waals surface area (Å²) in [4.78, 5) is 0. The smallest absolute Gasteiger partial charge is 0.0431 e. The molecule has 1 aromatic rings. The van der Waals surface area contributed by atoms with Gasteiger partial charge in [0.15, 0.2) is 0 Å². The lowest BCUT2D eigenvalue weighted by Crippen LogP contribution is -2.46. The Labute approximate surface area is 111 Å². The highest BCUT2D eigenvalue weighted by Crippen LogP contribution is 2.27. The Morgan fingerprint density at radius 3 is 2.33 bits per heavy atom. The number of hydrogen-bond acceptors (Lipinski definition) is 2. The van der Waals surface area contributed by atoms with Gasteiger partial charge in [-0.2, -0.15) is 0 Å². The topological polar surface area (TPSA) is 32.3 Å². The number of benzene rings is 1. The quantitative estimate of drug-likeness (QED) is 0.778. The molecule has 0 radical (unpaired) electrons. The number of hydrogen-bond donors (Lipinski definition) is 2. The van der Waals surface area contributed by atoms with Crippen LogP contribution in [0.3, 0.4) is 0 Å². The zero-order chi connectivity index (χ0) is 13.6. The van der Waals surface area contributed by atoms with Crippen molar-refractivity contribution in [3.8, 4) is 0 Å². The van der Waals surface area contributed by atoms with E-state index in [1.807, 2.05) is 0 Å². The molecule has 18 heavy (non-hydrogen) atoms. The van der Waals surface area contributed by atoms with Crippen molar-refractivity contribution in [3.63, 3.8) is 0 Å². The van der Waals surface area contributed by atoms with Crippen molar-refractivity contribution in [1.82, 2.24) is 5.32 Å². The maximum atomic E-state index is 8.86. The first kappa shape index (κ1) is 15.2. The van der Waals surface area contributed by atoms with Gasteiger partial charge in [0.25, 0.3) is 0 Å². The maximum Gasteiger partial charge on any atom is 0.0431 e. The molecule has 2 heteroatoms. The van der Waals surface area contributed by atoms with Crippen LogP contribution in [-0.2, 0) is 5.41 Å². The van der Waals surface area contributed by atoms with Crippen LogP contribution in [0.15, 0.2) is 30.3 Å². The molecule has 2 N–H and O–H groups in total. The fourth-order valence-electron chi connectivity index (χ4n) is 2.23. The Balaban J connectivity index is 2.62. The second-order valence-corrected chi connectivity index (χ2v) is 5.74. The zero-order valence-corrected chi connectivity index (χ0v) is 12.1. The van der Waals surface area contributed by atoms with Crippen molar-refractivity contribution in [1.29, 1.82) is 0 Å². The largest absolute Gasteiger partial charge is 0.396 e. The molecular formula is C16H27NO. The minimum Gasteiger partial charge on any atom is -0.396 e. The van der Waals surface area contributed by atoms with E-state index in [1.54, 1.807) is 0 Å². The van der Waals surface area contributed by atoms with E-state index in [-0.39, 0.29) is 12.0 Å². The van der Waals surface area contributed by atoms with Crippen molar-refractivity contribution in [3.05, 3.63) is 35.9 Å². The Morgan fingerprint density at radius 2 is 1.78 bits per heavy atom. The molecule has 0 bridgehead atoms. The first-order valence-corrected chi connectivity index (χ1v) is 6.91. The predicted molar refractivity (Wildman–Crippen MR) is 77.8 cm³/mol. The van der Waals surface area contributed by atoms with E-state index >= 15 is 0 Å². The molecule has 0 aromatic heterocycles. The van der Waals surface area contributed by atoms with Crippen LogP contribution in [0.25, 0.3) is 0 Å². The Hall–Kier alpha value is -0.860. The summed E-state index contributed by atoms with van der Waals surface area (Å²) in [5.41, 5.74) is 1.47. The standard InChI is InChI=1S/C16H27NO/c1-13(9-8-12-18)17-14(2)16(3,4)15-10-6-5-7-11-15/h5-7,10-11,13-14,17-18H,8-9,12H2,1-4H3. The summed E-state index contributed by atoms with van der Waals surface area (Å²) in [7, 11) is 0. The monoisotopic (exact) mass is 249 g/mol. The minimum atomic E-state index is 0.106. The highest BCUT2D eigenvalue weighted by atomic mass is 16.2. The van der Waals surface area contributed by atoms with E-state index in [0.29, 0.717) is 12.1 Å². The summed E-state index contributed by atoms with van der Waals surface area (Å²) >= 11 is 0. The molecule has 1 aromatic carbocycles. The Kier molecular flexibility index (Phi) is 5.83. The van der Waals surface area contributed by atoms with Crippen molar-refractivity contribution >= 4 is 0 Å². The van der Waals surface area contributed by atoms with Crippen LogP contribution in [0, 0.1) is 0 Å². The molecule has 1 rings (SSSR count). The van der Waals surface area contributed by atoms with Crippen LogP contribution in [-0.4, -0.2) is 23.8 Å². The average Bonchev–Trinajstić information content (AvgIpc) is 2.37. The van der Waals surface area contributed by atoms with E-state index in [4.69, 9.17) is 5.11 Å². The van der Waals surface area contributed by atoms with Gasteiger partial charge in [0.05, 0.1) is 0 Å². The van der Waals surface area contributed by atoms with Gasteiger partial charge in [-0.3, -0.25) is 0 Å². The van der Waals surface area contributed by atoms with Gasteiger partial charge in [-0.25, -0.2) is 0 Å². The summed E-state index contributed by atoms with van der Waals surface area (Å²) in [6, 6.07) is 11.5. The Morgan fingerprint density at radius 1 is 1.17 bits per heavy atom. The SMILES string of the molecule is CC(CCCO)NC(C)C(C)(C)c1ccccc1. The zero-order valence-electron chi connectivity index (χ0n) is 12.1. The van der Waals surface area contributed by atoms with Crippen molar-refractivity contribution < 1.29 is 5.11 Å². The van der Waals surface area contributed by atoms with E-state index in [2.05, 4.69) is 63.3 Å². The molecule has 0 fully saturated rings. The molecular weight excluding hydrogens is 222 g/mol. The van der Waals surface area contributed by atoms with E-state index in [0.717, 1.165) is 12.8 Å². The molecule has 0 heterocycles. The molecule has 0 spiro atoms. The molecule has 2 unspecified atom stereocenters. The first-order valence-electron chi connectivity index (χ1n) is 6.91. The molecule has 2 atom stereocenters. The molecule has 0 aliphatic carbocycles. The van der Waals surface area contributed by atoms with Crippen LogP contribution < -0.4 is 5.32 Å². The third-order valence-corrected chi connectivity index (χ3v) is 3.93. The van der Waals surface area contributed by atoms with Gasteiger partial charge in [-0.15, -0.1) is 0 Å². The molecule has 2 nitrogen and oxygen atoms in total. The molecule has 0 aliphatic heterocycles. The minimum absolute atomic E-state index is 0.106. The maximum absolute atomic E-state index is 8.86. The van der Waals surface area contributed by atoms with E-state index < -0.39 is 0 Å². The van der Waals surface area contributed by atoms with Crippen LogP contribution >= 0.6 is 0 Å². The lowest BCUT2D eigenvalue weighted by atomic mass is 9.78. The number of rotatable bonds is 7. The number of aliphatic hydroxyl groups excluding tert-OH is 1. The van der Waals surface area contributed by atoms with Crippen molar-refractivity contribution in [2.24, 2.45) is 0 Å². The van der Waals surface area contributed by atoms with Crippen LogP contribution in [0.2, 0.25) is 0 Å². The van der Waals surface area contributed by atoms with Crippen LogP contribution in [0.5, 0.6) is 0 Å². The van der Waals surface area contributed by atoms with Gasteiger partial charge >= 0.3 is 0 Å².